The Balaban J connectivity index is 1.84. The van der Waals surface area contributed by atoms with Gasteiger partial charge < -0.3 is 9.84 Å². The van der Waals surface area contributed by atoms with Crippen molar-refractivity contribution in [3.63, 3.8) is 0 Å². The standard InChI is InChI=1S/C28H12F14O2/c1-10-17(29)19(31)15(20(32)18(10)30)16-21(33)23(35)25(24(36)22(16)34)44-14-8-4-12(5-9-14)26(27(37,38)39,28(40,41)42)11-2-6-13(43)7-3-11/h2-9,43H,1H3. The Kier molecular flexibility index (Phi) is 8.02. The van der Waals surface area contributed by atoms with Gasteiger partial charge in [-0.05, 0) is 42.3 Å². The molecule has 0 heterocycles. The number of ether oxygens (including phenoxy) is 1. The lowest BCUT2D eigenvalue weighted by atomic mass is 9.73. The molecule has 0 aliphatic carbocycles. The first-order valence-corrected chi connectivity index (χ1v) is 11.7. The fourth-order valence-corrected chi connectivity index (χ4v) is 4.47. The van der Waals surface area contributed by atoms with Crippen LogP contribution >= 0.6 is 0 Å². The number of hydrogen-bond donors (Lipinski definition) is 1. The Morgan fingerprint density at radius 2 is 0.841 bits per heavy atom. The van der Waals surface area contributed by atoms with Gasteiger partial charge in [0.1, 0.15) is 11.5 Å². The van der Waals surface area contributed by atoms with E-state index in [0.717, 1.165) is 0 Å². The molecular formula is C28H12F14O2. The maximum absolute atomic E-state index is 14.8. The van der Waals surface area contributed by atoms with Crippen molar-refractivity contribution in [2.45, 2.75) is 24.7 Å². The smallest absolute Gasteiger partial charge is 0.411 e. The minimum absolute atomic E-state index is 0.183. The molecule has 0 radical (unpaired) electrons. The summed E-state index contributed by atoms with van der Waals surface area (Å²) >= 11 is 0. The van der Waals surface area contributed by atoms with E-state index in [1.54, 1.807) is 0 Å². The number of alkyl halides is 6. The predicted octanol–water partition coefficient (Wildman–Crippen LogP) is 9.68. The molecule has 0 aromatic heterocycles. The van der Waals surface area contributed by atoms with Gasteiger partial charge in [-0.1, -0.05) is 24.3 Å². The first-order valence-electron chi connectivity index (χ1n) is 11.7. The van der Waals surface area contributed by atoms with Crippen molar-refractivity contribution in [1.29, 1.82) is 0 Å². The van der Waals surface area contributed by atoms with Crippen LogP contribution in [0.4, 0.5) is 61.5 Å². The van der Waals surface area contributed by atoms with Crippen LogP contribution in [0.15, 0.2) is 48.5 Å². The summed E-state index contributed by atoms with van der Waals surface area (Å²) < 4.78 is 206. The molecule has 0 aliphatic heterocycles. The van der Waals surface area contributed by atoms with E-state index in [-0.39, 0.29) is 12.1 Å². The van der Waals surface area contributed by atoms with Gasteiger partial charge in [-0.25, -0.2) is 26.3 Å². The van der Waals surface area contributed by atoms with Gasteiger partial charge >= 0.3 is 12.4 Å². The number of halogens is 14. The summed E-state index contributed by atoms with van der Waals surface area (Å²) in [5, 5.41) is 9.34. The SMILES string of the molecule is Cc1c(F)c(F)c(-c2c(F)c(F)c(Oc3ccc(C(c4ccc(O)cc4)(C(F)(F)F)C(F)(F)F)cc3)c(F)c2F)c(F)c1F. The van der Waals surface area contributed by atoms with E-state index in [1.165, 1.54) is 0 Å². The highest BCUT2D eigenvalue weighted by molar-refractivity contribution is 5.69. The van der Waals surface area contributed by atoms with E-state index in [9.17, 15) is 66.6 Å². The zero-order valence-electron chi connectivity index (χ0n) is 21.3. The van der Waals surface area contributed by atoms with Crippen molar-refractivity contribution >= 4 is 0 Å². The summed E-state index contributed by atoms with van der Waals surface area (Å²) in [7, 11) is 0. The van der Waals surface area contributed by atoms with E-state index in [4.69, 9.17) is 0 Å². The van der Waals surface area contributed by atoms with E-state index in [1.807, 2.05) is 0 Å². The second-order valence-corrected chi connectivity index (χ2v) is 9.13. The van der Waals surface area contributed by atoms with Crippen LogP contribution in [0, 0.1) is 53.5 Å². The molecule has 4 rings (SSSR count). The van der Waals surface area contributed by atoms with Gasteiger partial charge in [-0.3, -0.25) is 0 Å². The number of rotatable bonds is 5. The van der Waals surface area contributed by atoms with E-state index in [0.29, 0.717) is 43.3 Å². The maximum Gasteiger partial charge on any atom is 0.411 e. The monoisotopic (exact) mass is 646 g/mol. The fraction of sp³-hybridized carbons (Fsp3) is 0.143. The predicted molar refractivity (Wildman–Crippen MR) is 124 cm³/mol. The zero-order chi connectivity index (χ0) is 33.1. The second kappa shape index (κ2) is 10.9. The molecule has 2 nitrogen and oxygen atoms in total. The van der Waals surface area contributed by atoms with Crippen LogP contribution in [0.3, 0.4) is 0 Å². The lowest BCUT2D eigenvalue weighted by molar-refractivity contribution is -0.288. The molecule has 0 unspecified atom stereocenters. The summed E-state index contributed by atoms with van der Waals surface area (Å²) in [6.45, 7) is 0.550. The normalized spacial score (nSPS) is 12.5. The van der Waals surface area contributed by atoms with Gasteiger partial charge in [0.2, 0.25) is 22.8 Å². The molecule has 0 amide bonds. The summed E-state index contributed by atoms with van der Waals surface area (Å²) in [6, 6.07) is 2.86. The summed E-state index contributed by atoms with van der Waals surface area (Å²) in [5.74, 6) is -23.0. The van der Waals surface area contributed by atoms with Crippen LogP contribution in [0.5, 0.6) is 17.2 Å². The molecule has 1 N–H and O–H groups in total. The molecule has 16 heteroatoms. The topological polar surface area (TPSA) is 29.5 Å². The average Bonchev–Trinajstić information content (AvgIpc) is 2.94. The number of benzene rings is 4. The minimum Gasteiger partial charge on any atom is -0.508 e. The van der Waals surface area contributed by atoms with E-state index >= 15 is 0 Å². The van der Waals surface area contributed by atoms with Crippen LogP contribution in [-0.4, -0.2) is 17.5 Å². The number of aromatic hydroxyl groups is 1. The zero-order valence-corrected chi connectivity index (χ0v) is 21.3. The molecule has 4 aromatic rings. The third kappa shape index (κ3) is 4.85. The van der Waals surface area contributed by atoms with Gasteiger partial charge in [-0.2, -0.15) is 35.1 Å². The number of phenols is 1. The van der Waals surface area contributed by atoms with Gasteiger partial charge in [-0.15, -0.1) is 0 Å². The number of phenolic OH excluding ortho intramolecular Hbond substituents is 1. The Morgan fingerprint density at radius 1 is 0.500 bits per heavy atom. The second-order valence-electron chi connectivity index (χ2n) is 9.13. The van der Waals surface area contributed by atoms with Crippen molar-refractivity contribution in [3.8, 4) is 28.4 Å². The van der Waals surface area contributed by atoms with Gasteiger partial charge in [0.25, 0.3) is 0 Å². The Morgan fingerprint density at radius 3 is 1.20 bits per heavy atom. The molecule has 0 spiro atoms. The summed E-state index contributed by atoms with van der Waals surface area (Å²) in [6.07, 6.45) is -12.1. The van der Waals surface area contributed by atoms with Crippen molar-refractivity contribution in [1.82, 2.24) is 0 Å². The molecule has 44 heavy (non-hydrogen) atoms. The molecule has 0 atom stereocenters. The quantitative estimate of drug-likeness (QED) is 0.173. The highest BCUT2D eigenvalue weighted by Crippen LogP contribution is 2.56. The molecular weight excluding hydrogens is 634 g/mol. The first kappa shape index (κ1) is 32.4. The van der Waals surface area contributed by atoms with Gasteiger partial charge in [0, 0.05) is 5.56 Å². The fourth-order valence-electron chi connectivity index (χ4n) is 4.47. The third-order valence-corrected chi connectivity index (χ3v) is 6.61. The van der Waals surface area contributed by atoms with E-state index < -0.39 is 109 Å². The molecule has 0 fully saturated rings. The third-order valence-electron chi connectivity index (χ3n) is 6.61. The first-order chi connectivity index (χ1) is 20.3. The van der Waals surface area contributed by atoms with E-state index in [2.05, 4.69) is 4.74 Å². The van der Waals surface area contributed by atoms with Crippen molar-refractivity contribution < 1.29 is 71.3 Å². The van der Waals surface area contributed by atoms with Crippen LogP contribution < -0.4 is 4.74 Å². The van der Waals surface area contributed by atoms with Gasteiger partial charge in [0.05, 0.1) is 11.1 Å². The summed E-state index contributed by atoms with van der Waals surface area (Å²) in [5.41, 5.74) is -13.2. The molecule has 234 valence electrons. The molecule has 4 aromatic carbocycles. The molecule has 0 aliphatic rings. The lowest BCUT2D eigenvalue weighted by Gasteiger charge is -2.38. The van der Waals surface area contributed by atoms with Crippen LogP contribution in [0.25, 0.3) is 11.1 Å². The number of hydrogen-bond acceptors (Lipinski definition) is 2. The largest absolute Gasteiger partial charge is 0.508 e. The lowest BCUT2D eigenvalue weighted by Crippen LogP contribution is -2.54. The highest BCUT2D eigenvalue weighted by Gasteiger charge is 2.72. The van der Waals surface area contributed by atoms with Gasteiger partial charge in [0.15, 0.2) is 34.9 Å². The average molecular weight is 646 g/mol. The molecule has 0 saturated carbocycles. The molecule has 0 bridgehead atoms. The maximum atomic E-state index is 14.8. The Hall–Kier alpha value is -4.50. The van der Waals surface area contributed by atoms with Crippen molar-refractivity contribution in [2.75, 3.05) is 0 Å². The van der Waals surface area contributed by atoms with Crippen LogP contribution in [0.1, 0.15) is 16.7 Å². The minimum atomic E-state index is -6.07. The van der Waals surface area contributed by atoms with Crippen molar-refractivity contribution in [2.24, 2.45) is 0 Å². The highest BCUT2D eigenvalue weighted by atomic mass is 19.4. The summed E-state index contributed by atoms with van der Waals surface area (Å²) in [4.78, 5) is 0. The van der Waals surface area contributed by atoms with Crippen molar-refractivity contribution in [3.05, 3.63) is 112 Å². The Labute approximate surface area is 236 Å². The molecule has 0 saturated heterocycles. The Bertz CT molecular complexity index is 1670. The van der Waals surface area contributed by atoms with Crippen LogP contribution in [0.2, 0.25) is 0 Å². The van der Waals surface area contributed by atoms with Crippen LogP contribution in [-0.2, 0) is 5.41 Å².